The SMILES string of the molecule is CC(C)(C)OC(=O)N[C@@H](CS)Cc1ccccc1. The Hall–Kier alpha value is -1.16. The Kier molecular flexibility index (Phi) is 5.54. The van der Waals surface area contributed by atoms with E-state index in [0.717, 1.165) is 6.42 Å². The van der Waals surface area contributed by atoms with Crippen molar-refractivity contribution in [2.24, 2.45) is 0 Å². The van der Waals surface area contributed by atoms with Gasteiger partial charge in [-0.05, 0) is 32.8 Å². The molecule has 0 heterocycles. The first-order valence-corrected chi connectivity index (χ1v) is 6.68. The molecule has 1 rings (SSSR count). The first kappa shape index (κ1) is 14.9. The van der Waals surface area contributed by atoms with Crippen LogP contribution in [-0.2, 0) is 11.2 Å². The maximum absolute atomic E-state index is 11.7. The first-order valence-electron chi connectivity index (χ1n) is 6.05. The highest BCUT2D eigenvalue weighted by Crippen LogP contribution is 2.08. The van der Waals surface area contributed by atoms with E-state index in [-0.39, 0.29) is 6.04 Å². The summed E-state index contributed by atoms with van der Waals surface area (Å²) in [5.41, 5.74) is 0.699. The average molecular weight is 267 g/mol. The summed E-state index contributed by atoms with van der Waals surface area (Å²) in [6, 6.07) is 9.99. The summed E-state index contributed by atoms with van der Waals surface area (Å²) in [5, 5.41) is 2.83. The summed E-state index contributed by atoms with van der Waals surface area (Å²) in [5.74, 6) is 0.578. The molecule has 1 N–H and O–H groups in total. The lowest BCUT2D eigenvalue weighted by atomic mass is 10.1. The van der Waals surface area contributed by atoms with Gasteiger partial charge >= 0.3 is 6.09 Å². The van der Waals surface area contributed by atoms with Crippen molar-refractivity contribution in [2.75, 3.05) is 5.75 Å². The molecule has 0 aliphatic heterocycles. The number of carbonyl (C=O) groups is 1. The lowest BCUT2D eigenvalue weighted by Crippen LogP contribution is -2.41. The molecule has 0 fully saturated rings. The smallest absolute Gasteiger partial charge is 0.407 e. The van der Waals surface area contributed by atoms with Crippen molar-refractivity contribution in [1.82, 2.24) is 5.32 Å². The zero-order chi connectivity index (χ0) is 13.6. The number of hydrogen-bond donors (Lipinski definition) is 2. The second-order valence-electron chi connectivity index (χ2n) is 5.22. The summed E-state index contributed by atoms with van der Waals surface area (Å²) in [4.78, 5) is 11.7. The van der Waals surface area contributed by atoms with E-state index in [1.807, 2.05) is 51.1 Å². The van der Waals surface area contributed by atoms with Gasteiger partial charge in [-0.2, -0.15) is 12.6 Å². The number of rotatable bonds is 4. The zero-order valence-electron chi connectivity index (χ0n) is 11.1. The Balaban J connectivity index is 2.50. The molecule has 1 aromatic rings. The Morgan fingerprint density at radius 2 is 1.94 bits per heavy atom. The fourth-order valence-corrected chi connectivity index (χ4v) is 1.75. The molecule has 4 heteroatoms. The van der Waals surface area contributed by atoms with Crippen LogP contribution in [0.2, 0.25) is 0 Å². The van der Waals surface area contributed by atoms with E-state index in [0.29, 0.717) is 5.75 Å². The van der Waals surface area contributed by atoms with Gasteiger partial charge in [0.2, 0.25) is 0 Å². The predicted octanol–water partition coefficient (Wildman–Crippen LogP) is 3.05. The zero-order valence-corrected chi connectivity index (χ0v) is 12.0. The summed E-state index contributed by atoms with van der Waals surface area (Å²) in [6.45, 7) is 5.54. The summed E-state index contributed by atoms with van der Waals surface area (Å²) in [7, 11) is 0. The van der Waals surface area contributed by atoms with Crippen LogP contribution in [0.3, 0.4) is 0 Å². The van der Waals surface area contributed by atoms with Gasteiger partial charge < -0.3 is 10.1 Å². The molecule has 0 saturated heterocycles. The molecule has 0 radical (unpaired) electrons. The maximum Gasteiger partial charge on any atom is 0.407 e. The minimum atomic E-state index is -0.474. The highest BCUT2D eigenvalue weighted by molar-refractivity contribution is 7.80. The van der Waals surface area contributed by atoms with Gasteiger partial charge in [0.1, 0.15) is 5.60 Å². The van der Waals surface area contributed by atoms with Crippen LogP contribution in [0, 0.1) is 0 Å². The fourth-order valence-electron chi connectivity index (χ4n) is 1.53. The Labute approximate surface area is 114 Å². The van der Waals surface area contributed by atoms with Gasteiger partial charge in [0.15, 0.2) is 0 Å². The summed E-state index contributed by atoms with van der Waals surface area (Å²) >= 11 is 4.26. The first-order chi connectivity index (χ1) is 8.40. The summed E-state index contributed by atoms with van der Waals surface area (Å²) in [6.07, 6.45) is 0.362. The van der Waals surface area contributed by atoms with Crippen LogP contribution in [0.15, 0.2) is 30.3 Å². The van der Waals surface area contributed by atoms with Crippen LogP contribution in [-0.4, -0.2) is 23.5 Å². The van der Waals surface area contributed by atoms with Crippen molar-refractivity contribution in [2.45, 2.75) is 38.8 Å². The van der Waals surface area contributed by atoms with Crippen molar-refractivity contribution in [1.29, 1.82) is 0 Å². The maximum atomic E-state index is 11.7. The highest BCUT2D eigenvalue weighted by atomic mass is 32.1. The third-order valence-corrected chi connectivity index (χ3v) is 2.71. The van der Waals surface area contributed by atoms with E-state index in [9.17, 15) is 4.79 Å². The molecule has 3 nitrogen and oxygen atoms in total. The second-order valence-corrected chi connectivity index (χ2v) is 5.58. The van der Waals surface area contributed by atoms with E-state index >= 15 is 0 Å². The monoisotopic (exact) mass is 267 g/mol. The molecular formula is C14H21NO2S. The number of nitrogens with one attached hydrogen (secondary N) is 1. The molecule has 18 heavy (non-hydrogen) atoms. The molecule has 0 aliphatic carbocycles. The molecule has 1 aromatic carbocycles. The summed E-state index contributed by atoms with van der Waals surface area (Å²) < 4.78 is 5.22. The normalized spacial score (nSPS) is 12.9. The molecule has 0 spiro atoms. The Morgan fingerprint density at radius 3 is 2.44 bits per heavy atom. The minimum Gasteiger partial charge on any atom is -0.444 e. The fraction of sp³-hybridized carbons (Fsp3) is 0.500. The molecule has 1 amide bonds. The largest absolute Gasteiger partial charge is 0.444 e. The molecule has 0 unspecified atom stereocenters. The van der Waals surface area contributed by atoms with Crippen molar-refractivity contribution in [3.8, 4) is 0 Å². The molecule has 0 saturated carbocycles. The van der Waals surface area contributed by atoms with E-state index in [4.69, 9.17) is 4.74 Å². The quantitative estimate of drug-likeness (QED) is 0.823. The molecule has 0 aromatic heterocycles. The van der Waals surface area contributed by atoms with Gasteiger partial charge in [-0.15, -0.1) is 0 Å². The van der Waals surface area contributed by atoms with Crippen LogP contribution in [0.1, 0.15) is 26.3 Å². The van der Waals surface area contributed by atoms with Crippen LogP contribution in [0.25, 0.3) is 0 Å². The third-order valence-electron chi connectivity index (χ3n) is 2.27. The molecule has 100 valence electrons. The van der Waals surface area contributed by atoms with Gasteiger partial charge in [0.25, 0.3) is 0 Å². The third kappa shape index (κ3) is 5.96. The van der Waals surface area contributed by atoms with Crippen LogP contribution in [0.4, 0.5) is 4.79 Å². The topological polar surface area (TPSA) is 38.3 Å². The average Bonchev–Trinajstić information content (AvgIpc) is 2.27. The molecule has 0 aliphatic rings. The second kappa shape index (κ2) is 6.69. The number of amides is 1. The number of alkyl carbamates (subject to hydrolysis) is 1. The van der Waals surface area contributed by atoms with E-state index in [2.05, 4.69) is 17.9 Å². The molecule has 1 atom stereocenters. The lowest BCUT2D eigenvalue weighted by Gasteiger charge is -2.23. The number of benzene rings is 1. The minimum absolute atomic E-state index is 0.0226. The van der Waals surface area contributed by atoms with Crippen molar-refractivity contribution >= 4 is 18.7 Å². The van der Waals surface area contributed by atoms with Gasteiger partial charge in [-0.1, -0.05) is 30.3 Å². The Morgan fingerprint density at radius 1 is 1.33 bits per heavy atom. The van der Waals surface area contributed by atoms with E-state index in [1.54, 1.807) is 0 Å². The molecular weight excluding hydrogens is 246 g/mol. The Bertz CT molecular complexity index is 373. The predicted molar refractivity (Wildman–Crippen MR) is 77.2 cm³/mol. The number of carbonyl (C=O) groups excluding carboxylic acids is 1. The van der Waals surface area contributed by atoms with Crippen LogP contribution < -0.4 is 5.32 Å². The number of thiol groups is 1. The van der Waals surface area contributed by atoms with Gasteiger partial charge in [-0.25, -0.2) is 4.79 Å². The lowest BCUT2D eigenvalue weighted by molar-refractivity contribution is 0.0509. The van der Waals surface area contributed by atoms with Crippen molar-refractivity contribution in [3.63, 3.8) is 0 Å². The van der Waals surface area contributed by atoms with E-state index < -0.39 is 11.7 Å². The van der Waals surface area contributed by atoms with Gasteiger partial charge in [0.05, 0.1) is 0 Å². The molecule has 0 bridgehead atoms. The van der Waals surface area contributed by atoms with Crippen LogP contribution >= 0.6 is 12.6 Å². The van der Waals surface area contributed by atoms with Crippen LogP contribution in [0.5, 0.6) is 0 Å². The van der Waals surface area contributed by atoms with E-state index in [1.165, 1.54) is 5.56 Å². The number of hydrogen-bond acceptors (Lipinski definition) is 3. The van der Waals surface area contributed by atoms with Crippen molar-refractivity contribution < 1.29 is 9.53 Å². The standard InChI is InChI=1S/C14H21NO2S/c1-14(2,3)17-13(16)15-12(10-18)9-11-7-5-4-6-8-11/h4-8,12,18H,9-10H2,1-3H3,(H,15,16)/t12-/m1/s1. The number of ether oxygens (including phenoxy) is 1. The highest BCUT2D eigenvalue weighted by Gasteiger charge is 2.18. The van der Waals surface area contributed by atoms with Gasteiger partial charge in [-0.3, -0.25) is 0 Å². The van der Waals surface area contributed by atoms with Gasteiger partial charge in [0, 0.05) is 11.8 Å². The van der Waals surface area contributed by atoms with Crippen molar-refractivity contribution in [3.05, 3.63) is 35.9 Å².